The van der Waals surface area contributed by atoms with Crippen molar-refractivity contribution in [1.82, 2.24) is 0 Å². The predicted molar refractivity (Wildman–Crippen MR) is 94.2 cm³/mol. The van der Waals surface area contributed by atoms with Crippen molar-refractivity contribution < 1.29 is 4.57 Å². The van der Waals surface area contributed by atoms with Crippen molar-refractivity contribution in [3.8, 4) is 0 Å². The Hall–Kier alpha value is 0.230. The molecule has 0 aromatic carbocycles. The van der Waals surface area contributed by atoms with Gasteiger partial charge in [0.25, 0.3) is 0 Å². The molecule has 20 heavy (non-hydrogen) atoms. The molecule has 0 N–H and O–H groups in total. The van der Waals surface area contributed by atoms with Gasteiger partial charge in [0.05, 0.1) is 7.14 Å². The summed E-state index contributed by atoms with van der Waals surface area (Å²) in [5.74, 6) is 3.60. The van der Waals surface area contributed by atoms with E-state index in [1.807, 2.05) is 0 Å². The molecule has 0 aromatic heterocycles. The number of hydrogen-bond acceptors (Lipinski definition) is 1. The predicted octanol–water partition coefficient (Wildman–Crippen LogP) is 6.23. The van der Waals surface area contributed by atoms with Gasteiger partial charge >= 0.3 is 0 Å². The molecule has 0 spiro atoms. The Kier molecular flexibility index (Phi) is 8.72. The van der Waals surface area contributed by atoms with Gasteiger partial charge in [-0.25, -0.2) is 0 Å². The minimum atomic E-state index is -2.05. The highest BCUT2D eigenvalue weighted by molar-refractivity contribution is 7.63. The van der Waals surface area contributed by atoms with Gasteiger partial charge in [-0.1, -0.05) is 62.3 Å². The molecule has 0 amide bonds. The molecule has 0 aromatic rings. The Morgan fingerprint density at radius 2 is 0.750 bits per heavy atom. The van der Waals surface area contributed by atoms with Crippen molar-refractivity contribution >= 4 is 7.14 Å². The third-order valence-corrected chi connectivity index (χ3v) is 9.00. The van der Waals surface area contributed by atoms with Gasteiger partial charge in [0.1, 0.15) is 0 Å². The molecule has 0 radical (unpaired) electrons. The Bertz CT molecular complexity index is 259. The SMILES string of the molecule is CC(C)C(C)CP(=O)(CC(C)C(C)C)CC(C)C(C)C. The highest BCUT2D eigenvalue weighted by Crippen LogP contribution is 2.52. The van der Waals surface area contributed by atoms with Gasteiger partial charge in [-0.05, 0) is 35.5 Å². The van der Waals surface area contributed by atoms with Crippen molar-refractivity contribution in [3.63, 3.8) is 0 Å². The van der Waals surface area contributed by atoms with Gasteiger partial charge < -0.3 is 4.57 Å². The Labute approximate surface area is 128 Å². The molecule has 3 unspecified atom stereocenters. The Balaban J connectivity index is 4.97. The third kappa shape index (κ3) is 7.30. The van der Waals surface area contributed by atoms with E-state index in [4.69, 9.17) is 0 Å². The van der Waals surface area contributed by atoms with E-state index in [-0.39, 0.29) is 0 Å². The molecule has 0 aliphatic carbocycles. The van der Waals surface area contributed by atoms with E-state index in [2.05, 4.69) is 62.3 Å². The van der Waals surface area contributed by atoms with Gasteiger partial charge in [0, 0.05) is 18.5 Å². The van der Waals surface area contributed by atoms with Crippen LogP contribution in [0.5, 0.6) is 0 Å². The molecule has 0 bridgehead atoms. The third-order valence-electron chi connectivity index (χ3n) is 5.28. The molecular weight excluding hydrogens is 263 g/mol. The normalized spacial score (nSPS) is 20.2. The minimum Gasteiger partial charge on any atom is -0.324 e. The lowest BCUT2D eigenvalue weighted by Gasteiger charge is -2.31. The van der Waals surface area contributed by atoms with E-state index in [0.717, 1.165) is 18.5 Å². The van der Waals surface area contributed by atoms with Crippen LogP contribution in [-0.4, -0.2) is 18.5 Å². The second kappa shape index (κ2) is 8.62. The molecule has 0 heterocycles. The summed E-state index contributed by atoms with van der Waals surface area (Å²) in [4.78, 5) is 0. The average molecular weight is 302 g/mol. The summed E-state index contributed by atoms with van der Waals surface area (Å²) in [6.07, 6.45) is 2.83. The van der Waals surface area contributed by atoms with Crippen molar-refractivity contribution in [2.24, 2.45) is 35.5 Å². The first-order valence-electron chi connectivity index (χ1n) is 8.55. The van der Waals surface area contributed by atoms with Gasteiger partial charge in [0.2, 0.25) is 0 Å². The van der Waals surface area contributed by atoms with Crippen LogP contribution in [0, 0.1) is 35.5 Å². The molecular formula is C18H39OP. The van der Waals surface area contributed by atoms with Crippen LogP contribution in [-0.2, 0) is 4.57 Å². The summed E-state index contributed by atoms with van der Waals surface area (Å²) in [6.45, 7) is 20.4. The highest BCUT2D eigenvalue weighted by Gasteiger charge is 2.31. The number of rotatable bonds is 9. The number of hydrogen-bond donors (Lipinski definition) is 0. The highest BCUT2D eigenvalue weighted by atomic mass is 31.2. The molecule has 0 saturated heterocycles. The first kappa shape index (κ1) is 20.2. The van der Waals surface area contributed by atoms with E-state index in [9.17, 15) is 4.57 Å². The van der Waals surface area contributed by atoms with Gasteiger partial charge in [-0.15, -0.1) is 0 Å². The summed E-state index contributed by atoms with van der Waals surface area (Å²) in [5, 5.41) is 0. The summed E-state index contributed by atoms with van der Waals surface area (Å²) >= 11 is 0. The van der Waals surface area contributed by atoms with Crippen molar-refractivity contribution in [1.29, 1.82) is 0 Å². The van der Waals surface area contributed by atoms with Gasteiger partial charge in [0.15, 0.2) is 0 Å². The molecule has 2 heteroatoms. The fourth-order valence-corrected chi connectivity index (χ4v) is 7.29. The smallest absolute Gasteiger partial charge is 0.0885 e. The molecule has 0 rings (SSSR count). The van der Waals surface area contributed by atoms with Crippen LogP contribution >= 0.6 is 7.14 Å². The van der Waals surface area contributed by atoms with Gasteiger partial charge in [-0.2, -0.15) is 0 Å². The second-order valence-corrected chi connectivity index (χ2v) is 11.5. The molecule has 1 nitrogen and oxygen atoms in total. The van der Waals surface area contributed by atoms with Crippen LogP contribution < -0.4 is 0 Å². The van der Waals surface area contributed by atoms with Crippen LogP contribution in [0.15, 0.2) is 0 Å². The molecule has 0 fully saturated rings. The van der Waals surface area contributed by atoms with Crippen LogP contribution in [0.1, 0.15) is 62.3 Å². The zero-order valence-electron chi connectivity index (χ0n) is 15.4. The average Bonchev–Trinajstić information content (AvgIpc) is 2.27. The monoisotopic (exact) mass is 302 g/mol. The maximum absolute atomic E-state index is 13.6. The molecule has 0 saturated carbocycles. The largest absolute Gasteiger partial charge is 0.324 e. The first-order chi connectivity index (χ1) is 8.98. The van der Waals surface area contributed by atoms with Crippen molar-refractivity contribution in [3.05, 3.63) is 0 Å². The summed E-state index contributed by atoms with van der Waals surface area (Å²) in [6, 6.07) is 0. The van der Waals surface area contributed by atoms with E-state index < -0.39 is 7.14 Å². The second-order valence-electron chi connectivity index (χ2n) is 8.27. The topological polar surface area (TPSA) is 17.1 Å². The lowest BCUT2D eigenvalue weighted by molar-refractivity contribution is 0.418. The maximum Gasteiger partial charge on any atom is 0.0885 e. The quantitative estimate of drug-likeness (QED) is 0.462. The van der Waals surface area contributed by atoms with E-state index in [1.165, 1.54) is 0 Å². The molecule has 3 atom stereocenters. The van der Waals surface area contributed by atoms with Crippen LogP contribution in [0.25, 0.3) is 0 Å². The van der Waals surface area contributed by atoms with E-state index in [1.54, 1.807) is 0 Å². The zero-order chi connectivity index (χ0) is 16.1. The zero-order valence-corrected chi connectivity index (χ0v) is 16.3. The standard InChI is InChI=1S/C18H39OP/c1-13(2)16(7)10-20(19,11-17(8)14(3)4)12-18(9)15(5)6/h13-18H,10-12H2,1-9H3. The molecule has 0 aliphatic heterocycles. The lowest BCUT2D eigenvalue weighted by Crippen LogP contribution is -2.21. The maximum atomic E-state index is 13.6. The van der Waals surface area contributed by atoms with Crippen LogP contribution in [0.3, 0.4) is 0 Å². The van der Waals surface area contributed by atoms with E-state index >= 15 is 0 Å². The Morgan fingerprint density at radius 1 is 0.550 bits per heavy atom. The summed E-state index contributed by atoms with van der Waals surface area (Å²) < 4.78 is 13.6. The van der Waals surface area contributed by atoms with Crippen LogP contribution in [0.4, 0.5) is 0 Å². The fraction of sp³-hybridized carbons (Fsp3) is 1.00. The fourth-order valence-electron chi connectivity index (χ4n) is 2.43. The van der Waals surface area contributed by atoms with Crippen molar-refractivity contribution in [2.75, 3.05) is 18.5 Å². The lowest BCUT2D eigenvalue weighted by atomic mass is 10.00. The Morgan fingerprint density at radius 3 is 0.900 bits per heavy atom. The van der Waals surface area contributed by atoms with Gasteiger partial charge in [-0.3, -0.25) is 0 Å². The van der Waals surface area contributed by atoms with Crippen molar-refractivity contribution in [2.45, 2.75) is 62.3 Å². The minimum absolute atomic E-state index is 0.569. The molecule has 0 aliphatic rings. The molecule has 122 valence electrons. The van der Waals surface area contributed by atoms with E-state index in [0.29, 0.717) is 35.5 Å². The summed E-state index contributed by atoms with van der Waals surface area (Å²) in [5.41, 5.74) is 0. The summed E-state index contributed by atoms with van der Waals surface area (Å²) in [7, 11) is -2.05. The van der Waals surface area contributed by atoms with Crippen LogP contribution in [0.2, 0.25) is 0 Å². The first-order valence-corrected chi connectivity index (χ1v) is 10.8.